The van der Waals surface area contributed by atoms with Crippen LogP contribution in [-0.4, -0.2) is 9.97 Å². The maximum atomic E-state index is 5.61. The van der Waals surface area contributed by atoms with Gasteiger partial charge in [-0.05, 0) is 12.5 Å². The zero-order valence-electron chi connectivity index (χ0n) is 8.12. The number of hydrogen-bond donors (Lipinski definition) is 2. The van der Waals surface area contributed by atoms with E-state index in [-0.39, 0.29) is 0 Å². The highest BCUT2D eigenvalue weighted by Crippen LogP contribution is 2.23. The maximum Gasteiger partial charge on any atom is 0.0929 e. The van der Waals surface area contributed by atoms with Crippen LogP contribution in [0.2, 0.25) is 0 Å². The fourth-order valence-electron chi connectivity index (χ4n) is 1.55. The standard InChI is InChI=1S/C11H13N3/c1-8-4-2-3-5-9(8)11-10(6-12)13-7-14-11/h2-5,7H,6,12H2,1H3,(H,13,14). The Morgan fingerprint density at radius 2 is 2.14 bits per heavy atom. The summed E-state index contributed by atoms with van der Waals surface area (Å²) in [7, 11) is 0. The zero-order valence-corrected chi connectivity index (χ0v) is 8.12. The largest absolute Gasteiger partial charge is 0.347 e. The lowest BCUT2D eigenvalue weighted by atomic mass is 10.0. The summed E-state index contributed by atoms with van der Waals surface area (Å²) < 4.78 is 0. The highest BCUT2D eigenvalue weighted by Gasteiger charge is 2.07. The van der Waals surface area contributed by atoms with Crippen molar-refractivity contribution in [1.29, 1.82) is 0 Å². The molecule has 1 aromatic heterocycles. The van der Waals surface area contributed by atoms with Gasteiger partial charge in [0, 0.05) is 12.1 Å². The normalized spacial score (nSPS) is 10.4. The number of rotatable bonds is 2. The van der Waals surface area contributed by atoms with Gasteiger partial charge in [0.25, 0.3) is 0 Å². The lowest BCUT2D eigenvalue weighted by Crippen LogP contribution is -1.99. The number of H-pyrrole nitrogens is 1. The number of nitrogens with zero attached hydrogens (tertiary/aromatic N) is 1. The van der Waals surface area contributed by atoms with Gasteiger partial charge in [-0.25, -0.2) is 4.98 Å². The lowest BCUT2D eigenvalue weighted by molar-refractivity contribution is 1.01. The molecule has 3 heteroatoms. The molecule has 0 aliphatic carbocycles. The molecule has 14 heavy (non-hydrogen) atoms. The van der Waals surface area contributed by atoms with Gasteiger partial charge >= 0.3 is 0 Å². The van der Waals surface area contributed by atoms with Crippen molar-refractivity contribution in [2.75, 3.05) is 0 Å². The number of aromatic nitrogens is 2. The van der Waals surface area contributed by atoms with E-state index in [0.717, 1.165) is 17.0 Å². The SMILES string of the molecule is Cc1ccccc1-c1nc[nH]c1CN. The third kappa shape index (κ3) is 1.42. The molecule has 3 nitrogen and oxygen atoms in total. The molecule has 0 atom stereocenters. The van der Waals surface area contributed by atoms with Gasteiger partial charge in [-0.15, -0.1) is 0 Å². The number of aryl methyl sites for hydroxylation is 1. The molecule has 0 spiro atoms. The van der Waals surface area contributed by atoms with Crippen molar-refractivity contribution in [1.82, 2.24) is 9.97 Å². The van der Waals surface area contributed by atoms with E-state index >= 15 is 0 Å². The van der Waals surface area contributed by atoms with E-state index in [0.29, 0.717) is 6.54 Å². The Morgan fingerprint density at radius 1 is 1.36 bits per heavy atom. The molecular formula is C11H13N3. The van der Waals surface area contributed by atoms with Gasteiger partial charge in [0.05, 0.1) is 17.7 Å². The molecule has 1 heterocycles. The third-order valence-electron chi connectivity index (χ3n) is 2.32. The molecule has 2 rings (SSSR count). The van der Waals surface area contributed by atoms with Crippen LogP contribution in [0.4, 0.5) is 0 Å². The van der Waals surface area contributed by atoms with Crippen LogP contribution in [0, 0.1) is 6.92 Å². The van der Waals surface area contributed by atoms with Gasteiger partial charge in [-0.3, -0.25) is 0 Å². The second kappa shape index (κ2) is 3.64. The molecule has 3 N–H and O–H groups in total. The van der Waals surface area contributed by atoms with Gasteiger partial charge in [0.1, 0.15) is 0 Å². The smallest absolute Gasteiger partial charge is 0.0929 e. The molecule has 0 bridgehead atoms. The molecule has 1 aromatic carbocycles. The average molecular weight is 187 g/mol. The quantitative estimate of drug-likeness (QED) is 0.753. The van der Waals surface area contributed by atoms with Gasteiger partial charge in [-0.2, -0.15) is 0 Å². The van der Waals surface area contributed by atoms with Crippen molar-refractivity contribution >= 4 is 0 Å². The van der Waals surface area contributed by atoms with E-state index in [2.05, 4.69) is 29.0 Å². The van der Waals surface area contributed by atoms with Crippen molar-refractivity contribution in [3.8, 4) is 11.3 Å². The Morgan fingerprint density at radius 3 is 2.86 bits per heavy atom. The van der Waals surface area contributed by atoms with E-state index < -0.39 is 0 Å². The molecule has 0 saturated carbocycles. The van der Waals surface area contributed by atoms with Gasteiger partial charge < -0.3 is 10.7 Å². The summed E-state index contributed by atoms with van der Waals surface area (Å²) in [5, 5.41) is 0. The van der Waals surface area contributed by atoms with E-state index in [1.807, 2.05) is 12.1 Å². The summed E-state index contributed by atoms with van der Waals surface area (Å²) in [4.78, 5) is 7.33. The molecule has 0 radical (unpaired) electrons. The van der Waals surface area contributed by atoms with E-state index in [4.69, 9.17) is 5.73 Å². The number of hydrogen-bond acceptors (Lipinski definition) is 2. The Kier molecular flexibility index (Phi) is 2.33. The highest BCUT2D eigenvalue weighted by molar-refractivity contribution is 5.65. The topological polar surface area (TPSA) is 54.7 Å². The van der Waals surface area contributed by atoms with Crippen LogP contribution in [-0.2, 0) is 6.54 Å². The Balaban J connectivity index is 2.54. The first-order valence-electron chi connectivity index (χ1n) is 4.61. The van der Waals surface area contributed by atoms with Crippen LogP contribution < -0.4 is 5.73 Å². The fraction of sp³-hybridized carbons (Fsp3) is 0.182. The van der Waals surface area contributed by atoms with Gasteiger partial charge in [-0.1, -0.05) is 24.3 Å². The van der Waals surface area contributed by atoms with Crippen molar-refractivity contribution in [2.45, 2.75) is 13.5 Å². The average Bonchev–Trinajstić information content (AvgIpc) is 2.66. The first-order chi connectivity index (χ1) is 6.83. The Labute approximate surface area is 83.0 Å². The molecule has 0 amide bonds. The summed E-state index contributed by atoms with van der Waals surface area (Å²) in [6.45, 7) is 2.56. The van der Waals surface area contributed by atoms with E-state index in [9.17, 15) is 0 Å². The predicted octanol–water partition coefficient (Wildman–Crippen LogP) is 1.84. The fourth-order valence-corrected chi connectivity index (χ4v) is 1.55. The maximum absolute atomic E-state index is 5.61. The summed E-state index contributed by atoms with van der Waals surface area (Å²) in [6, 6.07) is 8.17. The Hall–Kier alpha value is -1.61. The van der Waals surface area contributed by atoms with Crippen molar-refractivity contribution in [3.05, 3.63) is 41.9 Å². The number of nitrogens with one attached hydrogen (secondary N) is 1. The number of aromatic amines is 1. The summed E-state index contributed by atoms with van der Waals surface area (Å²) in [5.41, 5.74) is 9.92. The Bertz CT molecular complexity index is 432. The first-order valence-corrected chi connectivity index (χ1v) is 4.61. The van der Waals surface area contributed by atoms with Crippen molar-refractivity contribution < 1.29 is 0 Å². The van der Waals surface area contributed by atoms with Crippen molar-refractivity contribution in [2.24, 2.45) is 5.73 Å². The van der Waals surface area contributed by atoms with Crippen LogP contribution in [0.25, 0.3) is 11.3 Å². The van der Waals surface area contributed by atoms with Crippen LogP contribution in [0.15, 0.2) is 30.6 Å². The molecule has 0 aliphatic heterocycles. The number of imidazole rings is 1. The van der Waals surface area contributed by atoms with Crippen molar-refractivity contribution in [3.63, 3.8) is 0 Å². The second-order valence-electron chi connectivity index (χ2n) is 3.25. The van der Waals surface area contributed by atoms with E-state index in [1.165, 1.54) is 5.56 Å². The predicted molar refractivity (Wildman–Crippen MR) is 56.7 cm³/mol. The first kappa shape index (κ1) is 8.97. The summed E-state index contributed by atoms with van der Waals surface area (Å²) >= 11 is 0. The third-order valence-corrected chi connectivity index (χ3v) is 2.32. The lowest BCUT2D eigenvalue weighted by Gasteiger charge is -2.03. The second-order valence-corrected chi connectivity index (χ2v) is 3.25. The molecule has 0 unspecified atom stereocenters. The van der Waals surface area contributed by atoms with E-state index in [1.54, 1.807) is 6.33 Å². The molecule has 0 aliphatic rings. The molecular weight excluding hydrogens is 174 g/mol. The molecule has 2 aromatic rings. The molecule has 72 valence electrons. The zero-order chi connectivity index (χ0) is 9.97. The summed E-state index contributed by atoms with van der Waals surface area (Å²) in [5.74, 6) is 0. The van der Waals surface area contributed by atoms with Crippen LogP contribution in [0.3, 0.4) is 0 Å². The van der Waals surface area contributed by atoms with Gasteiger partial charge in [0.15, 0.2) is 0 Å². The monoisotopic (exact) mass is 187 g/mol. The van der Waals surface area contributed by atoms with Crippen LogP contribution in [0.1, 0.15) is 11.3 Å². The minimum atomic E-state index is 0.490. The molecule has 0 fully saturated rings. The van der Waals surface area contributed by atoms with Crippen LogP contribution in [0.5, 0.6) is 0 Å². The minimum Gasteiger partial charge on any atom is -0.347 e. The minimum absolute atomic E-state index is 0.490. The number of benzene rings is 1. The van der Waals surface area contributed by atoms with Gasteiger partial charge in [0.2, 0.25) is 0 Å². The molecule has 0 saturated heterocycles. The number of nitrogens with two attached hydrogens (primary N) is 1. The summed E-state index contributed by atoms with van der Waals surface area (Å²) in [6.07, 6.45) is 1.68. The van der Waals surface area contributed by atoms with Crippen LogP contribution >= 0.6 is 0 Å². The highest BCUT2D eigenvalue weighted by atomic mass is 14.9.